The number of benzene rings is 2. The number of hydrogen-bond donors (Lipinski definition) is 1. The largest absolute Gasteiger partial charge is 0.423 e. The number of nitrogens with one attached hydrogen (secondary N) is 1. The van der Waals surface area contributed by atoms with E-state index in [1.807, 2.05) is 12.1 Å². The summed E-state index contributed by atoms with van der Waals surface area (Å²) in [5, 5.41) is 1.10. The van der Waals surface area contributed by atoms with Crippen LogP contribution in [0.2, 0.25) is 0 Å². The summed E-state index contributed by atoms with van der Waals surface area (Å²) in [6.07, 6.45) is 0.902. The molecule has 0 bridgehead atoms. The molecule has 6 nitrogen and oxygen atoms in total. The van der Waals surface area contributed by atoms with Crippen LogP contribution in [-0.4, -0.2) is 42.3 Å². The molecule has 2 aromatic carbocycles. The molecule has 154 valence electrons. The van der Waals surface area contributed by atoms with Gasteiger partial charge in [0.25, 0.3) is 6.01 Å². The number of aromatic nitrogens is 2. The Morgan fingerprint density at radius 2 is 2.10 bits per heavy atom. The SMILES string of the molecule is C[C@H]1COCCN1c1nc2cc(N3CCc4[nH]c5cc(F)ccc5c4C3)ccc2o1. The number of H-pyrrole nitrogens is 1. The zero-order valence-electron chi connectivity index (χ0n) is 16.8. The second-order valence-electron chi connectivity index (χ2n) is 8.21. The Morgan fingerprint density at radius 3 is 3.00 bits per heavy atom. The number of fused-ring (bicyclic) bond motifs is 4. The van der Waals surface area contributed by atoms with Crippen molar-refractivity contribution in [2.24, 2.45) is 0 Å². The number of ether oxygens (including phenoxy) is 1. The van der Waals surface area contributed by atoms with E-state index in [-0.39, 0.29) is 11.9 Å². The van der Waals surface area contributed by atoms with Crippen LogP contribution < -0.4 is 9.80 Å². The van der Waals surface area contributed by atoms with Crippen molar-refractivity contribution in [2.45, 2.75) is 25.9 Å². The second-order valence-corrected chi connectivity index (χ2v) is 8.21. The number of nitrogens with zero attached hydrogens (tertiary/aromatic N) is 3. The van der Waals surface area contributed by atoms with Gasteiger partial charge in [-0.3, -0.25) is 0 Å². The van der Waals surface area contributed by atoms with Crippen LogP contribution in [0.3, 0.4) is 0 Å². The van der Waals surface area contributed by atoms with Gasteiger partial charge in [-0.05, 0) is 43.3 Å². The van der Waals surface area contributed by atoms with Gasteiger partial charge in [0.1, 0.15) is 11.3 Å². The van der Waals surface area contributed by atoms with Crippen molar-refractivity contribution in [3.05, 3.63) is 53.5 Å². The maximum absolute atomic E-state index is 13.6. The first-order valence-electron chi connectivity index (χ1n) is 10.4. The third kappa shape index (κ3) is 2.84. The summed E-state index contributed by atoms with van der Waals surface area (Å²) < 4.78 is 25.2. The predicted octanol–water partition coefficient (Wildman–Crippen LogP) is 4.24. The molecule has 2 aliphatic heterocycles. The van der Waals surface area contributed by atoms with Crippen molar-refractivity contribution in [3.63, 3.8) is 0 Å². The molecule has 1 saturated heterocycles. The Bertz CT molecular complexity index is 1250. The van der Waals surface area contributed by atoms with Gasteiger partial charge in [-0.1, -0.05) is 0 Å². The zero-order valence-corrected chi connectivity index (χ0v) is 16.8. The Morgan fingerprint density at radius 1 is 1.17 bits per heavy atom. The van der Waals surface area contributed by atoms with Gasteiger partial charge in [-0.15, -0.1) is 0 Å². The normalized spacial score (nSPS) is 19.6. The molecular weight excluding hydrogens is 383 g/mol. The van der Waals surface area contributed by atoms with Crippen LogP contribution in [0.25, 0.3) is 22.0 Å². The van der Waals surface area contributed by atoms with Crippen LogP contribution in [0.15, 0.2) is 40.8 Å². The molecule has 0 saturated carbocycles. The molecule has 4 aromatic rings. The maximum Gasteiger partial charge on any atom is 0.298 e. The molecule has 0 aliphatic carbocycles. The molecule has 7 heteroatoms. The Labute approximate surface area is 173 Å². The first-order chi connectivity index (χ1) is 14.7. The summed E-state index contributed by atoms with van der Waals surface area (Å²) in [4.78, 5) is 12.7. The first-order valence-corrected chi connectivity index (χ1v) is 10.4. The number of morpholine rings is 1. The fourth-order valence-electron chi connectivity index (χ4n) is 4.65. The van der Waals surface area contributed by atoms with Crippen LogP contribution in [0.5, 0.6) is 0 Å². The molecule has 4 heterocycles. The van der Waals surface area contributed by atoms with Crippen LogP contribution in [-0.2, 0) is 17.7 Å². The van der Waals surface area contributed by atoms with E-state index in [0.29, 0.717) is 19.2 Å². The molecule has 0 unspecified atom stereocenters. The smallest absolute Gasteiger partial charge is 0.298 e. The summed E-state index contributed by atoms with van der Waals surface area (Å²) in [7, 11) is 0. The molecule has 6 rings (SSSR count). The quantitative estimate of drug-likeness (QED) is 0.540. The van der Waals surface area contributed by atoms with Crippen molar-refractivity contribution < 1.29 is 13.5 Å². The summed E-state index contributed by atoms with van der Waals surface area (Å²) in [5.74, 6) is -0.208. The summed E-state index contributed by atoms with van der Waals surface area (Å²) in [6.45, 7) is 5.99. The van der Waals surface area contributed by atoms with Crippen molar-refractivity contribution in [1.29, 1.82) is 0 Å². The van der Waals surface area contributed by atoms with Gasteiger partial charge in [-0.25, -0.2) is 4.39 Å². The lowest BCUT2D eigenvalue weighted by Crippen LogP contribution is -2.43. The van der Waals surface area contributed by atoms with Gasteiger partial charge >= 0.3 is 0 Å². The zero-order chi connectivity index (χ0) is 20.2. The Kier molecular flexibility index (Phi) is 3.99. The number of oxazole rings is 1. The highest BCUT2D eigenvalue weighted by molar-refractivity contribution is 5.86. The third-order valence-electron chi connectivity index (χ3n) is 6.28. The van der Waals surface area contributed by atoms with Gasteiger partial charge in [0.05, 0.1) is 19.3 Å². The van der Waals surface area contributed by atoms with E-state index in [0.717, 1.165) is 53.7 Å². The van der Waals surface area contributed by atoms with E-state index < -0.39 is 0 Å². The summed E-state index contributed by atoms with van der Waals surface area (Å²) in [6, 6.07) is 12.1. The minimum atomic E-state index is -0.208. The average molecular weight is 406 g/mol. The van der Waals surface area contributed by atoms with E-state index in [1.165, 1.54) is 17.3 Å². The molecule has 2 aromatic heterocycles. The monoisotopic (exact) mass is 406 g/mol. The first kappa shape index (κ1) is 17.8. The van der Waals surface area contributed by atoms with E-state index in [9.17, 15) is 4.39 Å². The van der Waals surface area contributed by atoms with Crippen LogP contribution in [0, 0.1) is 5.82 Å². The summed E-state index contributed by atoms with van der Waals surface area (Å²) in [5.41, 5.74) is 6.12. The van der Waals surface area contributed by atoms with Crippen LogP contribution in [0.4, 0.5) is 16.1 Å². The molecule has 2 aliphatic rings. The minimum absolute atomic E-state index is 0.208. The highest BCUT2D eigenvalue weighted by atomic mass is 19.1. The second kappa shape index (κ2) is 6.74. The average Bonchev–Trinajstić information content (AvgIpc) is 3.33. The molecule has 0 radical (unpaired) electrons. The lowest BCUT2D eigenvalue weighted by atomic mass is 10.0. The molecular formula is C23H23FN4O2. The lowest BCUT2D eigenvalue weighted by Gasteiger charge is -2.31. The van der Waals surface area contributed by atoms with Gasteiger partial charge in [-0.2, -0.15) is 4.98 Å². The van der Waals surface area contributed by atoms with Crippen molar-refractivity contribution in [3.8, 4) is 0 Å². The van der Waals surface area contributed by atoms with Gasteiger partial charge in [0, 0.05) is 53.9 Å². The Balaban J connectivity index is 1.32. The fourth-order valence-corrected chi connectivity index (χ4v) is 4.65. The van der Waals surface area contributed by atoms with E-state index in [1.54, 1.807) is 6.07 Å². The predicted molar refractivity (Wildman–Crippen MR) is 115 cm³/mol. The topological polar surface area (TPSA) is 57.5 Å². The molecule has 0 amide bonds. The Hall–Kier alpha value is -3.06. The number of anilines is 2. The lowest BCUT2D eigenvalue weighted by molar-refractivity contribution is 0.0963. The molecule has 1 fully saturated rings. The molecule has 0 spiro atoms. The number of rotatable bonds is 2. The standard InChI is InChI=1S/C23H23FN4O2/c1-14-13-29-9-8-28(14)23-26-21-11-16(3-5-22(21)30-23)27-7-6-19-18(12-27)17-4-2-15(24)10-20(17)25-19/h2-5,10-11,14,25H,6-9,12-13H2,1H3/t14-/m0/s1. The van der Waals surface area contributed by atoms with Crippen molar-refractivity contribution >= 4 is 33.7 Å². The van der Waals surface area contributed by atoms with E-state index in [4.69, 9.17) is 14.1 Å². The highest BCUT2D eigenvalue weighted by Gasteiger charge is 2.25. The van der Waals surface area contributed by atoms with Crippen molar-refractivity contribution in [1.82, 2.24) is 9.97 Å². The number of halogens is 1. The molecule has 1 atom stereocenters. The third-order valence-corrected chi connectivity index (χ3v) is 6.28. The van der Waals surface area contributed by atoms with Crippen molar-refractivity contribution in [2.75, 3.05) is 36.1 Å². The van der Waals surface area contributed by atoms with E-state index in [2.05, 4.69) is 33.8 Å². The van der Waals surface area contributed by atoms with Gasteiger partial charge in [0.15, 0.2) is 5.58 Å². The summed E-state index contributed by atoms with van der Waals surface area (Å²) >= 11 is 0. The fraction of sp³-hybridized carbons (Fsp3) is 0.348. The molecule has 1 N–H and O–H groups in total. The van der Waals surface area contributed by atoms with Gasteiger partial charge in [0.2, 0.25) is 0 Å². The van der Waals surface area contributed by atoms with Crippen LogP contribution in [0.1, 0.15) is 18.2 Å². The minimum Gasteiger partial charge on any atom is -0.423 e. The highest BCUT2D eigenvalue weighted by Crippen LogP contribution is 2.33. The van der Waals surface area contributed by atoms with E-state index >= 15 is 0 Å². The number of aromatic amines is 1. The van der Waals surface area contributed by atoms with Gasteiger partial charge < -0.3 is 23.9 Å². The molecule has 30 heavy (non-hydrogen) atoms. The van der Waals surface area contributed by atoms with Crippen LogP contribution >= 0.6 is 0 Å². The maximum atomic E-state index is 13.6. The number of hydrogen-bond acceptors (Lipinski definition) is 5.